The van der Waals surface area contributed by atoms with E-state index in [2.05, 4.69) is 177 Å². The molecule has 0 aliphatic carbocycles. The Morgan fingerprint density at radius 2 is 0.817 bits per heavy atom. The molecule has 7 aromatic carbocycles. The van der Waals surface area contributed by atoms with Crippen molar-refractivity contribution >= 4 is 69.7 Å². The van der Waals surface area contributed by atoms with Crippen molar-refractivity contribution < 1.29 is 18.9 Å². The third-order valence-corrected chi connectivity index (χ3v) is 14.5. The van der Waals surface area contributed by atoms with E-state index in [1.54, 1.807) is 0 Å². The molecule has 8 heteroatoms. The van der Waals surface area contributed by atoms with Gasteiger partial charge in [0.25, 0.3) is 13.4 Å². The van der Waals surface area contributed by atoms with Gasteiger partial charge >= 0.3 is 0 Å². The van der Waals surface area contributed by atoms with E-state index in [1.807, 2.05) is 23.5 Å². The summed E-state index contributed by atoms with van der Waals surface area (Å²) < 4.78 is 26.8. The van der Waals surface area contributed by atoms with Gasteiger partial charge in [0.05, 0.1) is 0 Å². The summed E-state index contributed by atoms with van der Waals surface area (Å²) in [5, 5.41) is 0. The van der Waals surface area contributed by atoms with Gasteiger partial charge in [0.15, 0.2) is 0 Å². The van der Waals surface area contributed by atoms with Crippen LogP contribution >= 0.6 is 23.5 Å². The number of hydrogen-bond acceptors (Lipinski definition) is 6. The van der Waals surface area contributed by atoms with Crippen LogP contribution < -0.4 is 51.7 Å². The molecule has 4 aliphatic heterocycles. The van der Waals surface area contributed by atoms with Gasteiger partial charge in [-0.25, -0.2) is 0 Å². The van der Waals surface area contributed by atoms with Crippen LogP contribution in [-0.4, -0.2) is 13.4 Å². The maximum absolute atomic E-state index is 6.79. The second-order valence-electron chi connectivity index (χ2n) is 18.7. The lowest BCUT2D eigenvalue weighted by molar-refractivity contribution is 0.459. The Bertz CT molecular complexity index is 2730. The van der Waals surface area contributed by atoms with Crippen molar-refractivity contribution in [3.05, 3.63) is 144 Å². The Hall–Kier alpha value is -5.43. The zero-order valence-corrected chi connectivity index (χ0v) is 36.8. The predicted molar refractivity (Wildman–Crippen MR) is 250 cm³/mol. The van der Waals surface area contributed by atoms with Crippen molar-refractivity contribution in [3.8, 4) is 46.0 Å². The van der Waals surface area contributed by atoms with Crippen LogP contribution in [0.25, 0.3) is 0 Å². The summed E-state index contributed by atoms with van der Waals surface area (Å²) in [6.07, 6.45) is 0. The maximum Gasteiger partial charge on any atom is 0.253 e. The summed E-state index contributed by atoms with van der Waals surface area (Å²) >= 11 is 3.62. The summed E-state index contributed by atoms with van der Waals surface area (Å²) in [7, 11) is 0. The first kappa shape index (κ1) is 37.6. The zero-order chi connectivity index (χ0) is 41.2. The summed E-state index contributed by atoms with van der Waals surface area (Å²) in [5.41, 5.74) is 12.4. The third-order valence-electron chi connectivity index (χ3n) is 12.2. The fourth-order valence-electron chi connectivity index (χ4n) is 9.09. The van der Waals surface area contributed by atoms with E-state index in [0.717, 1.165) is 55.8 Å². The van der Waals surface area contributed by atoms with Crippen LogP contribution in [0.2, 0.25) is 0 Å². The Morgan fingerprint density at radius 1 is 0.400 bits per heavy atom. The Balaban J connectivity index is 1.03. The number of aryl methyl sites for hydroxylation is 2. The highest BCUT2D eigenvalue weighted by Crippen LogP contribution is 2.45. The molecule has 0 unspecified atom stereocenters. The van der Waals surface area contributed by atoms with Crippen molar-refractivity contribution in [3.63, 3.8) is 0 Å². The van der Waals surface area contributed by atoms with Crippen LogP contribution in [0.15, 0.2) is 141 Å². The molecule has 0 bridgehead atoms. The third kappa shape index (κ3) is 6.33. The van der Waals surface area contributed by atoms with Crippen LogP contribution in [0.3, 0.4) is 0 Å². The minimum absolute atomic E-state index is 0.00432. The van der Waals surface area contributed by atoms with E-state index < -0.39 is 0 Å². The number of rotatable bonds is 4. The van der Waals surface area contributed by atoms with Gasteiger partial charge in [-0.3, -0.25) is 0 Å². The standard InChI is InChI=1S/C52H44B2O4S2/c1-29-9-19-37-41(21-29)57-43-23-35(55-33-15-11-31(12-16-33)51(3,4)5)25-47-49(43)53(37)39-27-40-46(28-45(39)59-47)60-48-26-36(56-34-17-13-32(14-18-34)52(6,7)8)24-44-50(48)54(40)38-20-10-30(2)22-42(38)58-44/h9-28H,1-8H3. The molecule has 0 N–H and O–H groups in total. The van der Waals surface area contributed by atoms with Crippen LogP contribution in [-0.2, 0) is 10.8 Å². The lowest BCUT2D eigenvalue weighted by Gasteiger charge is -2.37. The molecule has 4 heterocycles. The van der Waals surface area contributed by atoms with Gasteiger partial charge in [-0.05, 0) is 123 Å². The van der Waals surface area contributed by atoms with Crippen LogP contribution in [0.4, 0.5) is 0 Å². The summed E-state index contributed by atoms with van der Waals surface area (Å²) in [4.78, 5) is 4.80. The van der Waals surface area contributed by atoms with Crippen molar-refractivity contribution in [1.82, 2.24) is 0 Å². The molecule has 4 nitrogen and oxygen atoms in total. The largest absolute Gasteiger partial charge is 0.458 e. The normalized spacial score (nSPS) is 14.1. The van der Waals surface area contributed by atoms with E-state index in [0.29, 0.717) is 0 Å². The first-order valence-electron chi connectivity index (χ1n) is 20.8. The lowest BCUT2D eigenvalue weighted by Crippen LogP contribution is -2.62. The molecule has 0 amide bonds. The van der Waals surface area contributed by atoms with Gasteiger partial charge < -0.3 is 18.9 Å². The highest BCUT2D eigenvalue weighted by molar-refractivity contribution is 8.01. The molecular weight excluding hydrogens is 774 g/mol. The molecule has 4 aliphatic rings. The zero-order valence-electron chi connectivity index (χ0n) is 35.2. The molecule has 0 aromatic heterocycles. The smallest absolute Gasteiger partial charge is 0.253 e. The molecule has 7 aromatic rings. The lowest BCUT2D eigenvalue weighted by atomic mass is 9.32. The number of ether oxygens (including phenoxy) is 4. The highest BCUT2D eigenvalue weighted by Gasteiger charge is 2.44. The molecule has 294 valence electrons. The second-order valence-corrected chi connectivity index (χ2v) is 20.9. The predicted octanol–water partition coefficient (Wildman–Crippen LogP) is 10.7. The molecule has 0 fully saturated rings. The molecule has 0 atom stereocenters. The van der Waals surface area contributed by atoms with Gasteiger partial charge in [-0.1, -0.05) is 131 Å². The summed E-state index contributed by atoms with van der Waals surface area (Å²) in [6, 6.07) is 43.7. The summed E-state index contributed by atoms with van der Waals surface area (Å²) in [6.45, 7) is 17.6. The SMILES string of the molecule is Cc1ccc2c(c1)Oc1cc(Oc3ccc(C(C)(C)C)cc3)cc3c1B2c1cc2c(cc1S3)Sc1cc(Oc3ccc(C(C)(C)C)cc3)cc3c1B2c1ccc(C)cc1O3. The molecule has 0 radical (unpaired) electrons. The van der Waals surface area contributed by atoms with Gasteiger partial charge in [0.2, 0.25) is 0 Å². The topological polar surface area (TPSA) is 36.9 Å². The Kier molecular flexibility index (Phi) is 8.48. The van der Waals surface area contributed by atoms with E-state index in [4.69, 9.17) is 18.9 Å². The summed E-state index contributed by atoms with van der Waals surface area (Å²) in [5.74, 6) is 6.64. The number of benzene rings is 7. The molecule has 0 saturated heterocycles. The molecule has 11 rings (SSSR count). The molecule has 0 saturated carbocycles. The minimum Gasteiger partial charge on any atom is -0.458 e. The van der Waals surface area contributed by atoms with Crippen molar-refractivity contribution in [2.24, 2.45) is 0 Å². The Labute approximate surface area is 362 Å². The first-order valence-corrected chi connectivity index (χ1v) is 22.4. The second kappa shape index (κ2) is 13.5. The van der Waals surface area contributed by atoms with Crippen molar-refractivity contribution in [2.45, 2.75) is 85.8 Å². The monoisotopic (exact) mass is 818 g/mol. The number of fused-ring (bicyclic) bond motifs is 8. The van der Waals surface area contributed by atoms with E-state index in [-0.39, 0.29) is 24.3 Å². The Morgan fingerprint density at radius 3 is 1.22 bits per heavy atom. The number of hydrogen-bond donors (Lipinski definition) is 0. The molecular formula is C52H44B2O4S2. The maximum atomic E-state index is 6.79. The first-order chi connectivity index (χ1) is 28.7. The van der Waals surface area contributed by atoms with E-state index >= 15 is 0 Å². The quantitative estimate of drug-likeness (QED) is 0.165. The van der Waals surface area contributed by atoms with Gasteiger partial charge in [0, 0.05) is 31.7 Å². The van der Waals surface area contributed by atoms with Gasteiger partial charge in [-0.15, -0.1) is 0 Å². The van der Waals surface area contributed by atoms with E-state index in [9.17, 15) is 0 Å². The highest BCUT2D eigenvalue weighted by atomic mass is 32.2. The van der Waals surface area contributed by atoms with E-state index in [1.165, 1.54) is 64.8 Å². The fourth-order valence-corrected chi connectivity index (χ4v) is 11.6. The average Bonchev–Trinajstić information content (AvgIpc) is 3.19. The fraction of sp³-hybridized carbons (Fsp3) is 0.192. The van der Waals surface area contributed by atoms with Crippen LogP contribution in [0.1, 0.15) is 63.8 Å². The van der Waals surface area contributed by atoms with Crippen molar-refractivity contribution in [1.29, 1.82) is 0 Å². The molecule has 0 spiro atoms. The van der Waals surface area contributed by atoms with Crippen LogP contribution in [0.5, 0.6) is 46.0 Å². The van der Waals surface area contributed by atoms with Gasteiger partial charge in [0.1, 0.15) is 46.0 Å². The van der Waals surface area contributed by atoms with Crippen LogP contribution in [0, 0.1) is 13.8 Å². The minimum atomic E-state index is 0.00432. The van der Waals surface area contributed by atoms with Crippen molar-refractivity contribution in [2.75, 3.05) is 0 Å². The molecule has 60 heavy (non-hydrogen) atoms. The van der Waals surface area contributed by atoms with Gasteiger partial charge in [-0.2, -0.15) is 0 Å². The average molecular weight is 819 g/mol.